The van der Waals surface area contributed by atoms with E-state index in [0.717, 1.165) is 5.76 Å². The number of nitrogens with zero attached hydrogens (tertiary/aromatic N) is 1. The Balaban J connectivity index is 1.79. The second-order valence-corrected chi connectivity index (χ2v) is 6.49. The lowest BCUT2D eigenvalue weighted by Crippen LogP contribution is -2.87. The van der Waals surface area contributed by atoms with Gasteiger partial charge in [0, 0.05) is 12.7 Å². The number of carbonyl (C=O) groups is 2. The van der Waals surface area contributed by atoms with Gasteiger partial charge in [0.2, 0.25) is 5.91 Å². The molecule has 1 aromatic heterocycles. The molecule has 6 nitrogen and oxygen atoms in total. The highest BCUT2D eigenvalue weighted by Gasteiger charge is 2.18. The van der Waals surface area contributed by atoms with Crippen LogP contribution in [0.15, 0.2) is 41.0 Å². The number of amides is 2. The lowest BCUT2D eigenvalue weighted by atomic mass is 10.2. The highest BCUT2D eigenvalue weighted by atomic mass is 35.5. The summed E-state index contributed by atoms with van der Waals surface area (Å²) in [6.45, 7) is 2.11. The van der Waals surface area contributed by atoms with E-state index in [4.69, 9.17) is 27.6 Å². The third-order valence-corrected chi connectivity index (χ3v) is 4.39. The fraction of sp³-hybridized carbons (Fsp3) is 0.294. The molecule has 0 fully saturated rings. The van der Waals surface area contributed by atoms with Gasteiger partial charge in [-0.25, -0.2) is 0 Å². The molecule has 3 N–H and O–H groups in total. The zero-order chi connectivity index (χ0) is 18.4. The summed E-state index contributed by atoms with van der Waals surface area (Å²) in [7, 11) is 1.59. The average Bonchev–Trinajstić information content (AvgIpc) is 3.10. The first-order chi connectivity index (χ1) is 11.9. The van der Waals surface area contributed by atoms with Gasteiger partial charge in [0.25, 0.3) is 5.91 Å². The number of likely N-dealkylation sites (N-methyl/N-ethyl adjacent to an activating group) is 1. The number of quaternary nitrogens is 1. The summed E-state index contributed by atoms with van der Waals surface area (Å²) in [5.74, 6) is 0.337. The van der Waals surface area contributed by atoms with Crippen LogP contribution in [0.3, 0.4) is 0 Å². The largest absolute Gasteiger partial charge is 0.463 e. The number of nitrogens with two attached hydrogens (primary N) is 1. The summed E-state index contributed by atoms with van der Waals surface area (Å²) >= 11 is 11.7. The lowest BCUT2D eigenvalue weighted by molar-refractivity contribution is -0.684. The standard InChI is InChI=1S/C17H19Cl2N3O3/c1-11(15-4-3-7-25-15)20-9-17(24)22(2)10-16(23)21-12-5-6-13(18)14(19)8-12/h3-8,11,20H,9-10H2,1-2H3,(H,21,23)/p+1/t11-/m0/s1. The molecular weight excluding hydrogens is 365 g/mol. The van der Waals surface area contributed by atoms with Crippen LogP contribution >= 0.6 is 23.2 Å². The number of hydrogen-bond donors (Lipinski definition) is 2. The number of benzene rings is 1. The number of rotatable bonds is 7. The van der Waals surface area contributed by atoms with E-state index < -0.39 is 0 Å². The van der Waals surface area contributed by atoms with Gasteiger partial charge in [-0.3, -0.25) is 9.59 Å². The van der Waals surface area contributed by atoms with Gasteiger partial charge in [0.05, 0.1) is 22.9 Å². The first-order valence-electron chi connectivity index (χ1n) is 7.72. The molecule has 0 radical (unpaired) electrons. The minimum Gasteiger partial charge on any atom is -0.463 e. The van der Waals surface area contributed by atoms with E-state index >= 15 is 0 Å². The molecule has 2 amide bonds. The summed E-state index contributed by atoms with van der Waals surface area (Å²) in [6, 6.07) is 8.49. The molecular formula is C17H20Cl2N3O3+. The van der Waals surface area contributed by atoms with Gasteiger partial charge >= 0.3 is 0 Å². The maximum Gasteiger partial charge on any atom is 0.277 e. The molecule has 0 aliphatic carbocycles. The Morgan fingerprint density at radius 1 is 1.28 bits per heavy atom. The fourth-order valence-corrected chi connectivity index (χ4v) is 2.48. The molecule has 0 bridgehead atoms. The molecule has 1 atom stereocenters. The SMILES string of the molecule is C[C@H]([NH2+]CC(=O)N(C)CC(=O)Nc1ccc(Cl)c(Cl)c1)c1ccco1. The Morgan fingerprint density at radius 2 is 2.04 bits per heavy atom. The monoisotopic (exact) mass is 384 g/mol. The first kappa shape index (κ1) is 19.3. The Labute approximate surface area is 156 Å². The van der Waals surface area contributed by atoms with Crippen LogP contribution < -0.4 is 10.6 Å². The third-order valence-electron chi connectivity index (χ3n) is 3.65. The number of carbonyl (C=O) groups excluding carboxylic acids is 2. The van der Waals surface area contributed by atoms with Crippen molar-refractivity contribution in [1.82, 2.24) is 4.90 Å². The molecule has 134 valence electrons. The van der Waals surface area contributed by atoms with E-state index in [9.17, 15) is 9.59 Å². The van der Waals surface area contributed by atoms with E-state index in [1.54, 1.807) is 37.6 Å². The van der Waals surface area contributed by atoms with Gasteiger partial charge in [-0.15, -0.1) is 0 Å². The highest BCUT2D eigenvalue weighted by molar-refractivity contribution is 6.42. The first-order valence-corrected chi connectivity index (χ1v) is 8.48. The normalized spacial score (nSPS) is 11.8. The van der Waals surface area contributed by atoms with Crippen LogP contribution in [0, 0.1) is 0 Å². The van der Waals surface area contributed by atoms with E-state index in [-0.39, 0.29) is 30.9 Å². The Morgan fingerprint density at radius 3 is 2.68 bits per heavy atom. The maximum atomic E-state index is 12.1. The van der Waals surface area contributed by atoms with Crippen molar-refractivity contribution in [2.45, 2.75) is 13.0 Å². The summed E-state index contributed by atoms with van der Waals surface area (Å²) in [6.07, 6.45) is 1.60. The highest BCUT2D eigenvalue weighted by Crippen LogP contribution is 2.24. The number of anilines is 1. The van der Waals surface area contributed by atoms with Gasteiger partial charge in [-0.1, -0.05) is 23.2 Å². The smallest absolute Gasteiger partial charge is 0.277 e. The van der Waals surface area contributed by atoms with Crippen molar-refractivity contribution in [3.63, 3.8) is 0 Å². The summed E-state index contributed by atoms with van der Waals surface area (Å²) in [5.41, 5.74) is 0.526. The van der Waals surface area contributed by atoms with Crippen molar-refractivity contribution in [3.8, 4) is 0 Å². The van der Waals surface area contributed by atoms with Crippen LogP contribution in [0.4, 0.5) is 5.69 Å². The molecule has 2 aromatic rings. The molecule has 0 saturated carbocycles. The number of furan rings is 1. The van der Waals surface area contributed by atoms with Crippen LogP contribution in [0.5, 0.6) is 0 Å². The number of halogens is 2. The van der Waals surface area contributed by atoms with Gasteiger partial charge in [-0.2, -0.15) is 0 Å². The third kappa shape index (κ3) is 5.77. The quantitative estimate of drug-likeness (QED) is 0.768. The molecule has 8 heteroatoms. The van der Waals surface area contributed by atoms with Crippen LogP contribution in [0.2, 0.25) is 10.0 Å². The predicted molar refractivity (Wildman–Crippen MR) is 96.6 cm³/mol. The van der Waals surface area contributed by atoms with E-state index in [0.29, 0.717) is 15.7 Å². The molecule has 0 spiro atoms. The van der Waals surface area contributed by atoms with Crippen LogP contribution in [0.25, 0.3) is 0 Å². The number of nitrogens with one attached hydrogen (secondary N) is 1. The van der Waals surface area contributed by atoms with Gasteiger partial charge in [0.1, 0.15) is 6.04 Å². The van der Waals surface area contributed by atoms with Crippen LogP contribution in [-0.4, -0.2) is 36.9 Å². The summed E-state index contributed by atoms with van der Waals surface area (Å²) in [5, 5.41) is 5.30. The van der Waals surface area contributed by atoms with Gasteiger partial charge < -0.3 is 20.0 Å². The van der Waals surface area contributed by atoms with Gasteiger partial charge in [0.15, 0.2) is 12.3 Å². The molecule has 2 rings (SSSR count). The Hall–Kier alpha value is -2.02. The molecule has 0 saturated heterocycles. The summed E-state index contributed by atoms with van der Waals surface area (Å²) in [4.78, 5) is 25.6. The second kappa shape index (κ2) is 8.89. The fourth-order valence-electron chi connectivity index (χ4n) is 2.18. The maximum absolute atomic E-state index is 12.1. The zero-order valence-electron chi connectivity index (χ0n) is 14.0. The van der Waals surface area contributed by atoms with Crippen molar-refractivity contribution >= 4 is 40.7 Å². The minimum atomic E-state index is -0.312. The zero-order valence-corrected chi connectivity index (χ0v) is 15.5. The van der Waals surface area contributed by atoms with Crippen molar-refractivity contribution in [3.05, 3.63) is 52.4 Å². The minimum absolute atomic E-state index is 0.0254. The van der Waals surface area contributed by atoms with E-state index in [1.807, 2.05) is 18.3 Å². The van der Waals surface area contributed by atoms with E-state index in [1.165, 1.54) is 4.90 Å². The molecule has 0 unspecified atom stereocenters. The second-order valence-electron chi connectivity index (χ2n) is 5.67. The Kier molecular flexibility index (Phi) is 6.87. The number of hydrogen-bond acceptors (Lipinski definition) is 3. The molecule has 1 aromatic carbocycles. The van der Waals surface area contributed by atoms with E-state index in [2.05, 4.69) is 5.32 Å². The van der Waals surface area contributed by atoms with Crippen molar-refractivity contribution in [2.75, 3.05) is 25.5 Å². The van der Waals surface area contributed by atoms with Crippen LogP contribution in [0.1, 0.15) is 18.7 Å². The average molecular weight is 385 g/mol. The molecule has 0 aliphatic rings. The predicted octanol–water partition coefficient (Wildman–Crippen LogP) is 2.31. The molecule has 0 aliphatic heterocycles. The van der Waals surface area contributed by atoms with Crippen molar-refractivity contribution < 1.29 is 19.3 Å². The molecule has 1 heterocycles. The van der Waals surface area contributed by atoms with Crippen LogP contribution in [-0.2, 0) is 9.59 Å². The molecule has 25 heavy (non-hydrogen) atoms. The Bertz CT molecular complexity index is 735. The topological polar surface area (TPSA) is 79.2 Å². The lowest BCUT2D eigenvalue weighted by Gasteiger charge is -2.17. The van der Waals surface area contributed by atoms with Gasteiger partial charge in [-0.05, 0) is 37.3 Å². The van der Waals surface area contributed by atoms with Crippen molar-refractivity contribution in [2.24, 2.45) is 0 Å². The van der Waals surface area contributed by atoms with Crippen molar-refractivity contribution in [1.29, 1.82) is 0 Å². The summed E-state index contributed by atoms with van der Waals surface area (Å²) < 4.78 is 5.30.